The fourth-order valence-electron chi connectivity index (χ4n) is 9.47. The molecule has 0 atom stereocenters. The van der Waals surface area contributed by atoms with Gasteiger partial charge in [0.25, 0.3) is 0 Å². The predicted octanol–water partition coefficient (Wildman–Crippen LogP) is 15.2. The Kier molecular flexibility index (Phi) is 9.18. The molecule has 0 saturated carbocycles. The van der Waals surface area contributed by atoms with Gasteiger partial charge in [-0.2, -0.15) is 5.26 Å². The molecule has 0 radical (unpaired) electrons. The second-order valence-electron chi connectivity index (χ2n) is 16.4. The number of hydrogen-bond acceptors (Lipinski definition) is 3. The lowest BCUT2D eigenvalue weighted by atomic mass is 9.99. The number of benzene rings is 8. The first-order valence-electron chi connectivity index (χ1n) is 21.6. The molecule has 0 bridgehead atoms. The molecule has 0 unspecified atom stereocenters. The summed E-state index contributed by atoms with van der Waals surface area (Å²) in [6.45, 7) is 0. The predicted molar refractivity (Wildman–Crippen MR) is 263 cm³/mol. The van der Waals surface area contributed by atoms with Gasteiger partial charge in [-0.25, -0.2) is 8.78 Å². The number of fused-ring (bicyclic) bond motifs is 6. The Bertz CT molecular complexity index is 3640. The molecule has 0 aliphatic carbocycles. The fourth-order valence-corrected chi connectivity index (χ4v) is 9.47. The van der Waals surface area contributed by atoms with Crippen molar-refractivity contribution >= 4 is 43.6 Å². The van der Waals surface area contributed by atoms with E-state index in [2.05, 4.69) is 75.9 Å². The van der Waals surface area contributed by atoms with Gasteiger partial charge in [-0.15, -0.1) is 0 Å². The zero-order valence-corrected chi connectivity index (χ0v) is 35.2. The van der Waals surface area contributed by atoms with Gasteiger partial charge in [-0.05, 0) is 82.9 Å². The Hall–Kier alpha value is -8.99. The monoisotopic (exact) mass is 851 g/mol. The minimum Gasteiger partial charge on any atom is -0.308 e. The number of rotatable bonds is 7. The normalized spacial score (nSPS) is 11.5. The van der Waals surface area contributed by atoms with Crippen molar-refractivity contribution in [2.45, 2.75) is 0 Å². The van der Waals surface area contributed by atoms with E-state index in [1.54, 1.807) is 0 Å². The Labute approximate surface area is 378 Å². The van der Waals surface area contributed by atoms with Crippen LogP contribution in [0, 0.1) is 23.0 Å². The maximum atomic E-state index is 15.2. The van der Waals surface area contributed by atoms with Crippen LogP contribution in [0.25, 0.3) is 111 Å². The van der Waals surface area contributed by atoms with Crippen LogP contribution in [0.15, 0.2) is 213 Å². The molecule has 310 valence electrons. The van der Waals surface area contributed by atoms with E-state index in [4.69, 9.17) is 9.97 Å². The van der Waals surface area contributed by atoms with Gasteiger partial charge < -0.3 is 9.13 Å². The van der Waals surface area contributed by atoms with Crippen molar-refractivity contribution in [2.24, 2.45) is 0 Å². The molecule has 66 heavy (non-hydrogen) atoms. The molecule has 12 rings (SSSR count). The van der Waals surface area contributed by atoms with Gasteiger partial charge in [0.05, 0.1) is 44.8 Å². The number of pyridine rings is 2. The van der Waals surface area contributed by atoms with Crippen LogP contribution in [0.4, 0.5) is 8.78 Å². The van der Waals surface area contributed by atoms with Crippen LogP contribution in [0.3, 0.4) is 0 Å². The van der Waals surface area contributed by atoms with Crippen molar-refractivity contribution < 1.29 is 8.78 Å². The van der Waals surface area contributed by atoms with Crippen molar-refractivity contribution in [2.75, 3.05) is 0 Å². The third kappa shape index (κ3) is 6.51. The molecule has 4 aromatic heterocycles. The molecule has 5 nitrogen and oxygen atoms in total. The number of para-hydroxylation sites is 2. The zero-order valence-electron chi connectivity index (χ0n) is 35.2. The number of hydrogen-bond donors (Lipinski definition) is 0. The first-order chi connectivity index (χ1) is 32.5. The van der Waals surface area contributed by atoms with Gasteiger partial charge in [0.1, 0.15) is 23.3 Å². The quantitative estimate of drug-likeness (QED) is 0.160. The summed E-state index contributed by atoms with van der Waals surface area (Å²) < 4.78 is 34.6. The summed E-state index contributed by atoms with van der Waals surface area (Å²) in [7, 11) is 0. The van der Waals surface area contributed by atoms with Crippen molar-refractivity contribution in [3.05, 3.63) is 230 Å². The lowest BCUT2D eigenvalue weighted by Crippen LogP contribution is -2.05. The summed E-state index contributed by atoms with van der Waals surface area (Å²) >= 11 is 0. The molecule has 4 heterocycles. The molecule has 12 aromatic rings. The number of nitrogens with zero attached hydrogens (tertiary/aromatic N) is 5. The van der Waals surface area contributed by atoms with Gasteiger partial charge >= 0.3 is 0 Å². The van der Waals surface area contributed by atoms with Crippen LogP contribution in [-0.2, 0) is 0 Å². The number of aromatic nitrogens is 4. The Morgan fingerprint density at radius 1 is 0.348 bits per heavy atom. The summed E-state index contributed by atoms with van der Waals surface area (Å²) in [5.41, 5.74) is 13.5. The van der Waals surface area contributed by atoms with E-state index < -0.39 is 11.6 Å². The zero-order chi connectivity index (χ0) is 44.3. The largest absolute Gasteiger partial charge is 0.308 e. The second-order valence-corrected chi connectivity index (χ2v) is 16.4. The average Bonchev–Trinajstić information content (AvgIpc) is 3.88. The van der Waals surface area contributed by atoms with Crippen molar-refractivity contribution in [1.82, 2.24) is 19.1 Å². The number of halogens is 2. The maximum Gasteiger partial charge on any atom is 0.126 e. The lowest BCUT2D eigenvalue weighted by molar-refractivity contribution is 0.584. The lowest BCUT2D eigenvalue weighted by Gasteiger charge is -2.19. The minimum atomic E-state index is -0.695. The molecule has 0 aliphatic rings. The topological polar surface area (TPSA) is 59.4 Å². The molecular formula is C59H35F2N5. The standard InChI is InChI=1S/C59H35F2N5/c60-45-27-43(28-46(61)33-45)44-31-58(65-54-17-9-7-15-47(54)49-23-19-39(29-56(49)65)41-21-25-52(63-35-41)37-11-3-1-4-12-37)51(34-62)59(32-44)66-55-18-10-8-16-48(55)50-24-20-40(30-57(50)66)42-22-26-53(64-36-42)38-13-5-2-6-14-38/h1-33,35-36H. The fraction of sp³-hybridized carbons (Fsp3) is 0. The molecule has 0 spiro atoms. The van der Waals surface area contributed by atoms with Gasteiger partial charge in [0, 0.05) is 62.3 Å². The first-order valence-corrected chi connectivity index (χ1v) is 21.6. The molecule has 0 N–H and O–H groups in total. The van der Waals surface area contributed by atoms with E-state index in [0.29, 0.717) is 28.1 Å². The smallest absolute Gasteiger partial charge is 0.126 e. The van der Waals surface area contributed by atoms with E-state index >= 15 is 8.78 Å². The molecular weight excluding hydrogens is 817 g/mol. The molecule has 0 saturated heterocycles. The van der Waals surface area contributed by atoms with Gasteiger partial charge in [0.2, 0.25) is 0 Å². The SMILES string of the molecule is N#Cc1c(-n2c3ccccc3c3ccc(-c4ccc(-c5ccccc5)nc4)cc32)cc(-c2cc(F)cc(F)c2)cc1-n1c2ccccc2c2ccc(-c3ccc(-c4ccccc4)nc3)cc21. The van der Waals surface area contributed by atoms with Crippen molar-refractivity contribution in [3.63, 3.8) is 0 Å². The highest BCUT2D eigenvalue weighted by Gasteiger charge is 2.23. The summed E-state index contributed by atoms with van der Waals surface area (Å²) in [5.74, 6) is -1.39. The van der Waals surface area contributed by atoms with Crippen LogP contribution >= 0.6 is 0 Å². The number of nitriles is 1. The molecule has 0 amide bonds. The van der Waals surface area contributed by atoms with E-state index in [0.717, 1.165) is 94.4 Å². The maximum absolute atomic E-state index is 15.2. The van der Waals surface area contributed by atoms with Gasteiger partial charge in [0.15, 0.2) is 0 Å². The second kappa shape index (κ2) is 15.7. The third-order valence-corrected chi connectivity index (χ3v) is 12.6. The van der Waals surface area contributed by atoms with Crippen LogP contribution in [-0.4, -0.2) is 19.1 Å². The van der Waals surface area contributed by atoms with Gasteiger partial charge in [-0.1, -0.05) is 133 Å². The van der Waals surface area contributed by atoms with Crippen LogP contribution < -0.4 is 0 Å². The molecule has 7 heteroatoms. The first kappa shape index (κ1) is 38.7. The summed E-state index contributed by atoms with van der Waals surface area (Å²) in [5, 5.41) is 15.5. The third-order valence-electron chi connectivity index (χ3n) is 12.6. The van der Waals surface area contributed by atoms with E-state index in [1.807, 2.05) is 134 Å². The van der Waals surface area contributed by atoms with Gasteiger partial charge in [-0.3, -0.25) is 9.97 Å². The average molecular weight is 852 g/mol. The van der Waals surface area contributed by atoms with Crippen molar-refractivity contribution in [3.8, 4) is 73.3 Å². The van der Waals surface area contributed by atoms with Crippen LogP contribution in [0.1, 0.15) is 5.56 Å². The van der Waals surface area contributed by atoms with Crippen LogP contribution in [0.5, 0.6) is 0 Å². The van der Waals surface area contributed by atoms with E-state index in [9.17, 15) is 5.26 Å². The minimum absolute atomic E-state index is 0.344. The Morgan fingerprint density at radius 2 is 0.758 bits per heavy atom. The summed E-state index contributed by atoms with van der Waals surface area (Å²) in [6.07, 6.45) is 3.78. The van der Waals surface area contributed by atoms with Crippen molar-refractivity contribution in [1.29, 1.82) is 5.26 Å². The summed E-state index contributed by atoms with van der Waals surface area (Å²) in [4.78, 5) is 9.66. The Balaban J connectivity index is 1.11. The molecule has 0 fully saturated rings. The van der Waals surface area contributed by atoms with E-state index in [1.165, 1.54) is 12.1 Å². The highest BCUT2D eigenvalue weighted by molar-refractivity contribution is 6.12. The van der Waals surface area contributed by atoms with Crippen LogP contribution in [0.2, 0.25) is 0 Å². The van der Waals surface area contributed by atoms with E-state index in [-0.39, 0.29) is 0 Å². The molecule has 8 aromatic carbocycles. The highest BCUT2D eigenvalue weighted by Crippen LogP contribution is 2.42. The molecule has 0 aliphatic heterocycles. The summed E-state index contributed by atoms with van der Waals surface area (Å²) in [6, 6.07) is 67.2. The Morgan fingerprint density at radius 3 is 1.20 bits per heavy atom. The highest BCUT2D eigenvalue weighted by atomic mass is 19.1.